The van der Waals surface area contributed by atoms with Gasteiger partial charge in [0, 0.05) is 21.9 Å². The van der Waals surface area contributed by atoms with Crippen molar-refractivity contribution in [2.45, 2.75) is 13.8 Å². The molecule has 6 heteroatoms. The highest BCUT2D eigenvalue weighted by Crippen LogP contribution is 2.50. The second-order valence-corrected chi connectivity index (χ2v) is 5.24. The third-order valence-electron chi connectivity index (χ3n) is 3.16. The second kappa shape index (κ2) is 6.45. The Morgan fingerprint density at radius 1 is 0.833 bits per heavy atom. The minimum atomic E-state index is -0.840. The third-order valence-corrected chi connectivity index (χ3v) is 3.16. The summed E-state index contributed by atoms with van der Waals surface area (Å²) in [5, 5.41) is 21.2. The van der Waals surface area contributed by atoms with Gasteiger partial charge in [-0.05, 0) is 13.8 Å². The summed E-state index contributed by atoms with van der Waals surface area (Å²) >= 11 is 0. The molecule has 0 aliphatic carbocycles. The van der Waals surface area contributed by atoms with E-state index in [4.69, 9.17) is 9.47 Å². The van der Waals surface area contributed by atoms with Gasteiger partial charge < -0.3 is 19.7 Å². The molecule has 0 atom stereocenters. The molecule has 0 unspecified atom stereocenters. The summed E-state index contributed by atoms with van der Waals surface area (Å²) in [6, 6.07) is 6.34. The maximum Gasteiger partial charge on any atom is 0.338 e. The number of fused-ring (bicyclic) bond motifs is 1. The maximum absolute atomic E-state index is 11.8. The van der Waals surface area contributed by atoms with Crippen LogP contribution in [0.2, 0.25) is 0 Å². The Morgan fingerprint density at radius 3 is 1.79 bits per heavy atom. The molecule has 2 aromatic carbocycles. The van der Waals surface area contributed by atoms with Gasteiger partial charge in [-0.15, -0.1) is 0 Å². The topological polar surface area (TPSA) is 93.1 Å². The van der Waals surface area contributed by atoms with E-state index in [1.807, 2.05) is 0 Å². The van der Waals surface area contributed by atoms with Crippen LogP contribution >= 0.6 is 0 Å². The quantitative estimate of drug-likeness (QED) is 0.508. The van der Waals surface area contributed by atoms with Gasteiger partial charge in [-0.2, -0.15) is 0 Å². The van der Waals surface area contributed by atoms with Crippen LogP contribution in [0, 0.1) is 0 Å². The molecule has 0 saturated carbocycles. The van der Waals surface area contributed by atoms with Crippen molar-refractivity contribution in [3.63, 3.8) is 0 Å². The molecular formula is C18H16O6. The Morgan fingerprint density at radius 2 is 1.29 bits per heavy atom. The van der Waals surface area contributed by atoms with Crippen LogP contribution in [0.4, 0.5) is 0 Å². The van der Waals surface area contributed by atoms with Crippen LogP contribution in [0.15, 0.2) is 48.6 Å². The Balaban J connectivity index is 2.71. The minimum absolute atomic E-state index is 0.0717. The highest BCUT2D eigenvalue weighted by atomic mass is 16.6. The molecule has 124 valence electrons. The fraction of sp³-hybridized carbons (Fsp3) is 0.111. The van der Waals surface area contributed by atoms with E-state index in [-0.39, 0.29) is 27.7 Å². The second-order valence-electron chi connectivity index (χ2n) is 5.24. The van der Waals surface area contributed by atoms with E-state index in [2.05, 4.69) is 13.2 Å². The molecule has 0 bridgehead atoms. The van der Waals surface area contributed by atoms with Crippen LogP contribution in [-0.4, -0.2) is 22.2 Å². The van der Waals surface area contributed by atoms with Crippen molar-refractivity contribution in [3.05, 3.63) is 48.6 Å². The first-order valence-electron chi connectivity index (χ1n) is 6.96. The molecule has 2 N–H and O–H groups in total. The first kappa shape index (κ1) is 17.1. The molecule has 0 aromatic heterocycles. The molecule has 0 amide bonds. The predicted molar refractivity (Wildman–Crippen MR) is 88.2 cm³/mol. The molecule has 0 aliphatic rings. The van der Waals surface area contributed by atoms with Gasteiger partial charge in [0.25, 0.3) is 0 Å². The lowest BCUT2D eigenvalue weighted by molar-refractivity contribution is -0.130. The van der Waals surface area contributed by atoms with E-state index in [0.29, 0.717) is 0 Å². The number of phenolic OH excluding ortho intramolecular Hbond substituents is 2. The van der Waals surface area contributed by atoms with E-state index in [9.17, 15) is 19.8 Å². The number of hydrogen-bond acceptors (Lipinski definition) is 6. The molecule has 0 radical (unpaired) electrons. The van der Waals surface area contributed by atoms with Crippen LogP contribution in [0.5, 0.6) is 23.0 Å². The van der Waals surface area contributed by atoms with Crippen molar-refractivity contribution >= 4 is 22.7 Å². The monoisotopic (exact) mass is 328 g/mol. The van der Waals surface area contributed by atoms with Gasteiger partial charge >= 0.3 is 11.9 Å². The van der Waals surface area contributed by atoms with E-state index < -0.39 is 29.2 Å². The largest absolute Gasteiger partial charge is 0.504 e. The zero-order valence-corrected chi connectivity index (χ0v) is 13.3. The first-order chi connectivity index (χ1) is 11.2. The van der Waals surface area contributed by atoms with Gasteiger partial charge in [0.05, 0.1) is 0 Å². The number of hydrogen-bond donors (Lipinski definition) is 2. The van der Waals surface area contributed by atoms with Crippen LogP contribution in [0.3, 0.4) is 0 Å². The molecule has 0 spiro atoms. The Labute approximate surface area is 138 Å². The average molecular weight is 328 g/mol. The Hall–Kier alpha value is -3.28. The van der Waals surface area contributed by atoms with Crippen LogP contribution < -0.4 is 9.47 Å². The normalized spacial score (nSPS) is 10.2. The van der Waals surface area contributed by atoms with Gasteiger partial charge in [-0.25, -0.2) is 9.59 Å². The smallest absolute Gasteiger partial charge is 0.338 e. The van der Waals surface area contributed by atoms with Crippen molar-refractivity contribution < 1.29 is 29.3 Å². The highest BCUT2D eigenvalue weighted by Gasteiger charge is 2.25. The molecule has 2 aromatic rings. The summed E-state index contributed by atoms with van der Waals surface area (Å²) in [6.07, 6.45) is 0. The molecule has 2 rings (SSSR count). The minimum Gasteiger partial charge on any atom is -0.504 e. The lowest BCUT2D eigenvalue weighted by Gasteiger charge is -2.15. The number of rotatable bonds is 4. The number of aromatic hydroxyl groups is 2. The van der Waals surface area contributed by atoms with E-state index in [0.717, 1.165) is 0 Å². The molecule has 0 saturated heterocycles. The van der Waals surface area contributed by atoms with Crippen LogP contribution in [0.1, 0.15) is 13.8 Å². The van der Waals surface area contributed by atoms with Gasteiger partial charge in [-0.3, -0.25) is 0 Å². The van der Waals surface area contributed by atoms with Crippen molar-refractivity contribution in [1.82, 2.24) is 0 Å². The Bertz CT molecular complexity index is 879. The number of carbonyl (C=O) groups is 2. The zero-order valence-electron chi connectivity index (χ0n) is 13.3. The van der Waals surface area contributed by atoms with E-state index in [1.54, 1.807) is 18.2 Å². The lowest BCUT2D eigenvalue weighted by atomic mass is 10.1. The predicted octanol–water partition coefficient (Wildman–Crippen LogP) is 3.21. The standard InChI is InChI=1S/C18H16O6/c1-9(2)17(21)23-15-12-8-6-5-7-11(12)13(19)16(14(15)20)24-18(22)10(3)4/h5-8,19-20H,1,3H2,2,4H3. The van der Waals surface area contributed by atoms with Gasteiger partial charge in [0.1, 0.15) is 0 Å². The van der Waals surface area contributed by atoms with Crippen LogP contribution in [0.25, 0.3) is 10.8 Å². The number of phenols is 2. The number of carbonyl (C=O) groups excluding carboxylic acids is 2. The lowest BCUT2D eigenvalue weighted by Crippen LogP contribution is -2.11. The summed E-state index contributed by atoms with van der Waals surface area (Å²) in [5.41, 5.74) is 0.189. The third kappa shape index (κ3) is 3.08. The molecular weight excluding hydrogens is 312 g/mol. The summed E-state index contributed by atoms with van der Waals surface area (Å²) < 4.78 is 10.1. The molecule has 24 heavy (non-hydrogen) atoms. The van der Waals surface area contributed by atoms with Crippen molar-refractivity contribution in [3.8, 4) is 23.0 Å². The van der Waals surface area contributed by atoms with Gasteiger partial charge in [-0.1, -0.05) is 37.4 Å². The highest BCUT2D eigenvalue weighted by molar-refractivity contribution is 6.02. The SMILES string of the molecule is C=C(C)C(=O)Oc1c(O)c(OC(=O)C(=C)C)c2ccccc2c1O. The maximum atomic E-state index is 11.8. The molecule has 6 nitrogen and oxygen atoms in total. The fourth-order valence-electron chi connectivity index (χ4n) is 1.91. The first-order valence-corrected chi connectivity index (χ1v) is 6.96. The summed E-state index contributed by atoms with van der Waals surface area (Å²) in [4.78, 5) is 23.5. The zero-order chi connectivity index (χ0) is 18.0. The van der Waals surface area contributed by atoms with Crippen molar-refractivity contribution in [2.24, 2.45) is 0 Å². The molecule has 0 aliphatic heterocycles. The molecule has 0 fully saturated rings. The van der Waals surface area contributed by atoms with Gasteiger partial charge in [0.2, 0.25) is 11.5 Å². The summed E-state index contributed by atoms with van der Waals surface area (Å²) in [6.45, 7) is 9.77. The van der Waals surface area contributed by atoms with Crippen molar-refractivity contribution in [2.75, 3.05) is 0 Å². The number of benzene rings is 2. The number of ether oxygens (including phenoxy) is 2. The summed E-state index contributed by atoms with van der Waals surface area (Å²) in [5.74, 6) is -3.47. The van der Waals surface area contributed by atoms with E-state index in [1.165, 1.54) is 19.9 Å². The number of esters is 2. The summed E-state index contributed by atoms with van der Waals surface area (Å²) in [7, 11) is 0. The average Bonchev–Trinajstić information content (AvgIpc) is 2.54. The Kier molecular flexibility index (Phi) is 4.59. The van der Waals surface area contributed by atoms with E-state index >= 15 is 0 Å². The molecule has 0 heterocycles. The van der Waals surface area contributed by atoms with Gasteiger partial charge in [0.15, 0.2) is 11.5 Å². The van der Waals surface area contributed by atoms with Crippen molar-refractivity contribution in [1.29, 1.82) is 0 Å². The van der Waals surface area contributed by atoms with Crippen LogP contribution in [-0.2, 0) is 9.59 Å². The fourth-order valence-corrected chi connectivity index (χ4v) is 1.91.